The van der Waals surface area contributed by atoms with Crippen molar-refractivity contribution in [2.75, 3.05) is 18.4 Å². The van der Waals surface area contributed by atoms with Crippen LogP contribution in [0.1, 0.15) is 16.1 Å². The lowest BCUT2D eigenvalue weighted by Gasteiger charge is -2.09. The molecule has 0 unspecified atom stereocenters. The quantitative estimate of drug-likeness (QED) is 0.338. The average molecular weight is 419 g/mol. The monoisotopic (exact) mass is 418 g/mol. The molecule has 0 saturated carbocycles. The molecule has 0 aliphatic rings. The number of nitrogens with one attached hydrogen (secondary N) is 2. The fourth-order valence-corrected chi connectivity index (χ4v) is 3.03. The van der Waals surface area contributed by atoms with E-state index in [1.165, 1.54) is 31.2 Å². The number of rotatable bonds is 7. The van der Waals surface area contributed by atoms with E-state index in [0.29, 0.717) is 5.69 Å². The van der Waals surface area contributed by atoms with Crippen molar-refractivity contribution >= 4 is 28.9 Å². The molecule has 0 spiro atoms. The lowest BCUT2D eigenvalue weighted by atomic mass is 10.0. The molecule has 3 aromatic rings. The molecule has 1 amide bonds. The van der Waals surface area contributed by atoms with E-state index in [4.69, 9.17) is 16.1 Å². The van der Waals surface area contributed by atoms with Crippen LogP contribution in [0.4, 0.5) is 15.8 Å². The van der Waals surface area contributed by atoms with Crippen LogP contribution in [0.3, 0.4) is 0 Å². The van der Waals surface area contributed by atoms with Gasteiger partial charge in [0.25, 0.3) is 11.6 Å². The molecule has 1 heterocycles. The van der Waals surface area contributed by atoms with Crippen molar-refractivity contribution in [3.05, 3.63) is 74.7 Å². The van der Waals surface area contributed by atoms with Gasteiger partial charge in [0.05, 0.1) is 15.5 Å². The van der Waals surface area contributed by atoms with Crippen molar-refractivity contribution in [2.24, 2.45) is 0 Å². The topological polar surface area (TPSA) is 110 Å². The molecule has 2 N–H and O–H groups in total. The molecule has 0 radical (unpaired) electrons. The first-order valence-electron chi connectivity index (χ1n) is 8.56. The Balaban J connectivity index is 1.70. The van der Waals surface area contributed by atoms with E-state index >= 15 is 0 Å². The van der Waals surface area contributed by atoms with Gasteiger partial charge in [-0.2, -0.15) is 0 Å². The first-order valence-corrected chi connectivity index (χ1v) is 8.94. The summed E-state index contributed by atoms with van der Waals surface area (Å²) in [4.78, 5) is 23.1. The summed E-state index contributed by atoms with van der Waals surface area (Å²) in [6, 6.07) is 10.3. The zero-order valence-corrected chi connectivity index (χ0v) is 16.0. The number of nitrogens with zero attached hydrogens (tertiary/aromatic N) is 2. The molecule has 0 saturated heterocycles. The Hall–Kier alpha value is -3.46. The molecule has 29 heavy (non-hydrogen) atoms. The number of nitro benzene ring substituents is 1. The van der Waals surface area contributed by atoms with Gasteiger partial charge in [-0.25, -0.2) is 4.39 Å². The minimum atomic E-state index is -0.627. The Morgan fingerprint density at radius 2 is 2.00 bits per heavy atom. The lowest BCUT2D eigenvalue weighted by Crippen LogP contribution is -2.29. The van der Waals surface area contributed by atoms with Crippen molar-refractivity contribution in [2.45, 2.75) is 6.92 Å². The van der Waals surface area contributed by atoms with Crippen LogP contribution in [-0.4, -0.2) is 29.1 Å². The third kappa shape index (κ3) is 4.35. The number of hydrogen-bond acceptors (Lipinski definition) is 6. The number of anilines is 1. The first kappa shape index (κ1) is 20.3. The van der Waals surface area contributed by atoms with Crippen molar-refractivity contribution < 1.29 is 18.6 Å². The van der Waals surface area contributed by atoms with Crippen molar-refractivity contribution in [3.63, 3.8) is 0 Å². The number of aromatic nitrogens is 1. The smallest absolute Gasteiger partial charge is 0.292 e. The molecule has 2 aromatic carbocycles. The standard InChI is InChI=1S/C19H16ClFN4O4/c1-11-16(18(24-29-11)17-12(20)5-4-6-13(17)21)19(26)23-10-9-22-14-7-2-3-8-15(14)25(27)28/h2-8,22H,9-10H2,1H3,(H,23,26). The molecule has 0 atom stereocenters. The van der Waals surface area contributed by atoms with Gasteiger partial charge in [0, 0.05) is 19.2 Å². The second-order valence-electron chi connectivity index (χ2n) is 6.02. The molecule has 0 aliphatic heterocycles. The number of aryl methyl sites for hydroxylation is 1. The summed E-state index contributed by atoms with van der Waals surface area (Å²) in [6.45, 7) is 1.92. The SMILES string of the molecule is Cc1onc(-c2c(F)cccc2Cl)c1C(=O)NCCNc1ccccc1[N+](=O)[O-]. The highest BCUT2D eigenvalue weighted by Gasteiger charge is 2.25. The molecule has 10 heteroatoms. The Labute approximate surface area is 169 Å². The summed E-state index contributed by atoms with van der Waals surface area (Å²) in [5.74, 6) is -0.941. The molecule has 0 aliphatic carbocycles. The summed E-state index contributed by atoms with van der Waals surface area (Å²) in [5.41, 5.74) is 0.337. The Bertz CT molecular complexity index is 1050. The predicted octanol–water partition coefficient (Wildman–Crippen LogP) is 4.19. The summed E-state index contributed by atoms with van der Waals surface area (Å²) in [6.07, 6.45) is 0. The molecule has 150 valence electrons. The van der Waals surface area contributed by atoms with E-state index in [1.54, 1.807) is 18.2 Å². The lowest BCUT2D eigenvalue weighted by molar-refractivity contribution is -0.384. The highest BCUT2D eigenvalue weighted by Crippen LogP contribution is 2.33. The van der Waals surface area contributed by atoms with Crippen LogP contribution in [-0.2, 0) is 0 Å². The minimum absolute atomic E-state index is 0.00903. The number of hydrogen-bond donors (Lipinski definition) is 2. The number of benzene rings is 2. The Kier molecular flexibility index (Phi) is 6.08. The highest BCUT2D eigenvalue weighted by atomic mass is 35.5. The van der Waals surface area contributed by atoms with Gasteiger partial charge in [0.1, 0.15) is 28.5 Å². The van der Waals surface area contributed by atoms with Gasteiger partial charge >= 0.3 is 0 Å². The maximum Gasteiger partial charge on any atom is 0.292 e. The number of amides is 1. The average Bonchev–Trinajstić information content (AvgIpc) is 3.06. The van der Waals surface area contributed by atoms with E-state index in [1.807, 2.05) is 0 Å². The van der Waals surface area contributed by atoms with Crippen LogP contribution in [0.5, 0.6) is 0 Å². The predicted molar refractivity (Wildman–Crippen MR) is 106 cm³/mol. The van der Waals surface area contributed by atoms with Gasteiger partial charge in [-0.15, -0.1) is 0 Å². The van der Waals surface area contributed by atoms with E-state index in [9.17, 15) is 19.3 Å². The van der Waals surface area contributed by atoms with Gasteiger partial charge in [-0.1, -0.05) is 35.0 Å². The number of para-hydroxylation sites is 2. The third-order valence-corrected chi connectivity index (χ3v) is 4.43. The van der Waals surface area contributed by atoms with Gasteiger partial charge < -0.3 is 15.2 Å². The van der Waals surface area contributed by atoms with Gasteiger partial charge in [-0.05, 0) is 25.1 Å². The van der Waals surface area contributed by atoms with Crippen LogP contribution < -0.4 is 10.6 Å². The molecule has 0 fully saturated rings. The minimum Gasteiger partial charge on any atom is -0.378 e. The highest BCUT2D eigenvalue weighted by molar-refractivity contribution is 6.33. The number of halogens is 2. The first-order chi connectivity index (χ1) is 13.9. The van der Waals surface area contributed by atoms with Gasteiger partial charge in [0.15, 0.2) is 0 Å². The van der Waals surface area contributed by atoms with E-state index in [-0.39, 0.29) is 46.4 Å². The summed E-state index contributed by atoms with van der Waals surface area (Å²) in [7, 11) is 0. The van der Waals surface area contributed by atoms with E-state index in [2.05, 4.69) is 15.8 Å². The molecule has 0 bridgehead atoms. The number of nitro groups is 1. The van der Waals surface area contributed by atoms with Crippen molar-refractivity contribution in [1.82, 2.24) is 10.5 Å². The molecular formula is C19H16ClFN4O4. The van der Waals surface area contributed by atoms with Gasteiger partial charge in [-0.3, -0.25) is 14.9 Å². The Morgan fingerprint density at radius 3 is 2.72 bits per heavy atom. The maximum absolute atomic E-state index is 14.2. The zero-order valence-electron chi connectivity index (χ0n) is 15.2. The fourth-order valence-electron chi connectivity index (χ4n) is 2.78. The molecule has 1 aromatic heterocycles. The van der Waals surface area contributed by atoms with Crippen LogP contribution in [0.15, 0.2) is 47.0 Å². The molecule has 3 rings (SSSR count). The van der Waals surface area contributed by atoms with Crippen LogP contribution in [0, 0.1) is 22.9 Å². The zero-order chi connectivity index (χ0) is 21.0. The second kappa shape index (κ2) is 8.70. The third-order valence-electron chi connectivity index (χ3n) is 4.12. The molecule has 8 nitrogen and oxygen atoms in total. The largest absolute Gasteiger partial charge is 0.378 e. The summed E-state index contributed by atoms with van der Waals surface area (Å²) >= 11 is 6.07. The van der Waals surface area contributed by atoms with E-state index in [0.717, 1.165) is 0 Å². The second-order valence-corrected chi connectivity index (χ2v) is 6.42. The number of carbonyl (C=O) groups is 1. The van der Waals surface area contributed by atoms with Crippen LogP contribution in [0.2, 0.25) is 5.02 Å². The summed E-state index contributed by atoms with van der Waals surface area (Å²) in [5, 5.41) is 20.5. The number of carbonyl (C=O) groups excluding carboxylic acids is 1. The van der Waals surface area contributed by atoms with Crippen LogP contribution >= 0.6 is 11.6 Å². The van der Waals surface area contributed by atoms with Crippen molar-refractivity contribution in [1.29, 1.82) is 0 Å². The van der Waals surface area contributed by atoms with E-state index < -0.39 is 16.6 Å². The Morgan fingerprint density at radius 1 is 1.24 bits per heavy atom. The van der Waals surface area contributed by atoms with Gasteiger partial charge in [0.2, 0.25) is 0 Å². The molecular weight excluding hydrogens is 403 g/mol. The maximum atomic E-state index is 14.2. The fraction of sp³-hybridized carbons (Fsp3) is 0.158. The summed E-state index contributed by atoms with van der Waals surface area (Å²) < 4.78 is 19.3. The normalized spacial score (nSPS) is 10.6. The van der Waals surface area contributed by atoms with Crippen molar-refractivity contribution in [3.8, 4) is 11.3 Å². The van der Waals surface area contributed by atoms with Crippen LogP contribution in [0.25, 0.3) is 11.3 Å².